The van der Waals surface area contributed by atoms with Gasteiger partial charge in [-0.25, -0.2) is 13.2 Å². The third-order valence-electron chi connectivity index (χ3n) is 5.55. The molecule has 0 aromatic heterocycles. The lowest BCUT2D eigenvalue weighted by atomic mass is 9.78. The summed E-state index contributed by atoms with van der Waals surface area (Å²) in [5.74, 6) is -2.01. The molecule has 0 bridgehead atoms. The van der Waals surface area contributed by atoms with Gasteiger partial charge in [0.1, 0.15) is 0 Å². The Balaban J connectivity index is 1.55. The minimum absolute atomic E-state index is 0.152. The van der Waals surface area contributed by atoms with E-state index in [2.05, 4.69) is 12.2 Å². The Morgan fingerprint density at radius 1 is 0.696 bits per heavy atom. The number of hydrogen-bond donors (Lipinski definition) is 0. The molecule has 2 fully saturated rings. The van der Waals surface area contributed by atoms with Crippen molar-refractivity contribution >= 4 is 0 Å². The van der Waals surface area contributed by atoms with Crippen LogP contribution in [0, 0.1) is 29.3 Å². The summed E-state index contributed by atoms with van der Waals surface area (Å²) in [5.41, 5.74) is 0.608. The molecule has 2 saturated carbocycles. The van der Waals surface area contributed by atoms with E-state index < -0.39 is 17.5 Å². The Morgan fingerprint density at radius 3 is 1.78 bits per heavy atom. The number of hydrogen-bond acceptors (Lipinski definition) is 0. The van der Waals surface area contributed by atoms with Crippen LogP contribution < -0.4 is 0 Å². The predicted octanol–water partition coefficient (Wildman–Crippen LogP) is 6.51. The lowest BCUT2D eigenvalue weighted by molar-refractivity contribution is 0.366. The van der Waals surface area contributed by atoms with Gasteiger partial charge in [-0.2, -0.15) is 0 Å². The van der Waals surface area contributed by atoms with Gasteiger partial charge in [0, 0.05) is 0 Å². The van der Waals surface area contributed by atoms with Crippen LogP contribution in [0.5, 0.6) is 0 Å². The molecule has 0 spiro atoms. The molecule has 0 saturated heterocycles. The number of allylic oxidation sites excluding steroid dienone is 2. The van der Waals surface area contributed by atoms with Crippen LogP contribution >= 0.6 is 0 Å². The first-order valence-corrected chi connectivity index (χ1v) is 8.96. The highest BCUT2D eigenvalue weighted by Gasteiger charge is 2.23. The molecule has 23 heavy (non-hydrogen) atoms. The Morgan fingerprint density at radius 2 is 1.22 bits per heavy atom. The number of benzene rings is 1. The van der Waals surface area contributed by atoms with E-state index in [4.69, 9.17) is 0 Å². The molecule has 2 aliphatic carbocycles. The lowest BCUT2D eigenvalue weighted by Gasteiger charge is -2.28. The van der Waals surface area contributed by atoms with Crippen molar-refractivity contribution in [2.45, 2.75) is 63.7 Å². The fourth-order valence-electron chi connectivity index (χ4n) is 4.10. The van der Waals surface area contributed by atoms with Crippen molar-refractivity contribution in [3.8, 4) is 0 Å². The molecule has 0 nitrogen and oxygen atoms in total. The van der Waals surface area contributed by atoms with Gasteiger partial charge in [-0.3, -0.25) is 0 Å². The smallest absolute Gasteiger partial charge is 0.194 e. The Bertz CT molecular complexity index is 527. The van der Waals surface area contributed by atoms with E-state index in [9.17, 15) is 13.2 Å². The summed E-state index contributed by atoms with van der Waals surface area (Å²) < 4.78 is 39.8. The maximum Gasteiger partial charge on any atom is 0.194 e. The number of halogens is 3. The molecule has 0 N–H and O–H groups in total. The van der Waals surface area contributed by atoms with Crippen molar-refractivity contribution in [1.29, 1.82) is 0 Å². The molecular weight excluding hydrogens is 297 g/mol. The fourth-order valence-corrected chi connectivity index (χ4v) is 4.10. The molecule has 0 radical (unpaired) electrons. The first-order chi connectivity index (χ1) is 11.1. The number of rotatable bonds is 3. The summed E-state index contributed by atoms with van der Waals surface area (Å²) in [6.45, 7) is 0. The zero-order valence-corrected chi connectivity index (χ0v) is 13.5. The quantitative estimate of drug-likeness (QED) is 0.439. The maximum absolute atomic E-state index is 13.4. The zero-order valence-electron chi connectivity index (χ0n) is 13.5. The van der Waals surface area contributed by atoms with Gasteiger partial charge in [-0.1, -0.05) is 31.4 Å². The fraction of sp³-hybridized carbons (Fsp3) is 0.600. The average Bonchev–Trinajstić information content (AvgIpc) is 2.59. The van der Waals surface area contributed by atoms with Crippen LogP contribution in [-0.4, -0.2) is 0 Å². The summed E-state index contributed by atoms with van der Waals surface area (Å²) in [7, 11) is 0. The van der Waals surface area contributed by atoms with E-state index in [1.165, 1.54) is 44.2 Å². The molecule has 126 valence electrons. The van der Waals surface area contributed by atoms with Gasteiger partial charge >= 0.3 is 0 Å². The summed E-state index contributed by atoms with van der Waals surface area (Å²) in [6, 6.07) is 2.34. The van der Waals surface area contributed by atoms with Crippen molar-refractivity contribution in [2.75, 3.05) is 0 Å². The maximum atomic E-state index is 13.4. The largest absolute Gasteiger partial charge is 0.204 e. The Kier molecular flexibility index (Phi) is 5.45. The molecule has 1 aromatic rings. The topological polar surface area (TPSA) is 0 Å². The molecule has 0 aliphatic heterocycles. The van der Waals surface area contributed by atoms with Crippen molar-refractivity contribution < 1.29 is 13.2 Å². The average molecular weight is 322 g/mol. The van der Waals surface area contributed by atoms with Crippen LogP contribution in [0.25, 0.3) is 0 Å². The van der Waals surface area contributed by atoms with Gasteiger partial charge in [0.05, 0.1) is 0 Å². The van der Waals surface area contributed by atoms with Gasteiger partial charge in [0.25, 0.3) is 0 Å². The molecule has 3 heteroatoms. The third-order valence-corrected chi connectivity index (χ3v) is 5.55. The Labute approximate surface area is 136 Å². The van der Waals surface area contributed by atoms with E-state index >= 15 is 0 Å². The SMILES string of the molecule is Fc1cc(C2CCC(/C=C/C3CCCCC3)CC2)cc(F)c1F. The van der Waals surface area contributed by atoms with Crippen molar-refractivity contribution in [3.05, 3.63) is 47.3 Å². The second-order valence-corrected chi connectivity index (χ2v) is 7.19. The molecular formula is C20H25F3. The predicted molar refractivity (Wildman–Crippen MR) is 86.7 cm³/mol. The van der Waals surface area contributed by atoms with Crippen LogP contribution in [0.3, 0.4) is 0 Å². The van der Waals surface area contributed by atoms with Crippen molar-refractivity contribution in [2.24, 2.45) is 11.8 Å². The molecule has 0 amide bonds. The van der Waals surface area contributed by atoms with Crippen LogP contribution in [0.4, 0.5) is 13.2 Å². The molecule has 0 heterocycles. The normalized spacial score (nSPS) is 26.7. The highest BCUT2D eigenvalue weighted by molar-refractivity contribution is 5.23. The standard InChI is InChI=1S/C20H25F3/c21-18-12-17(13-19(22)20(18)23)16-10-8-15(9-11-16)7-6-14-4-2-1-3-5-14/h6-7,12-16H,1-5,8-11H2/b7-6+. The van der Waals surface area contributed by atoms with E-state index in [1.807, 2.05) is 0 Å². The van der Waals surface area contributed by atoms with Gasteiger partial charge in [-0.05, 0) is 74.0 Å². The van der Waals surface area contributed by atoms with Crippen LogP contribution in [-0.2, 0) is 0 Å². The van der Waals surface area contributed by atoms with Gasteiger partial charge in [0.15, 0.2) is 17.5 Å². The minimum Gasteiger partial charge on any atom is -0.204 e. The minimum atomic E-state index is -1.36. The van der Waals surface area contributed by atoms with Crippen molar-refractivity contribution in [3.63, 3.8) is 0 Å². The second kappa shape index (κ2) is 7.55. The summed E-state index contributed by atoms with van der Waals surface area (Å²) in [5, 5.41) is 0. The summed E-state index contributed by atoms with van der Waals surface area (Å²) in [6.07, 6.45) is 15.4. The third kappa shape index (κ3) is 4.19. The highest BCUT2D eigenvalue weighted by atomic mass is 19.2. The second-order valence-electron chi connectivity index (χ2n) is 7.19. The first kappa shape index (κ1) is 16.6. The molecule has 0 unspecified atom stereocenters. The van der Waals surface area contributed by atoms with E-state index in [-0.39, 0.29) is 5.92 Å². The van der Waals surface area contributed by atoms with Gasteiger partial charge in [-0.15, -0.1) is 0 Å². The van der Waals surface area contributed by atoms with Gasteiger partial charge < -0.3 is 0 Å². The van der Waals surface area contributed by atoms with E-state index in [0.717, 1.165) is 31.6 Å². The molecule has 1 aromatic carbocycles. The summed E-state index contributed by atoms with van der Waals surface area (Å²) >= 11 is 0. The highest BCUT2D eigenvalue weighted by Crippen LogP contribution is 2.37. The van der Waals surface area contributed by atoms with E-state index in [1.54, 1.807) is 0 Å². The molecule has 2 aliphatic rings. The zero-order chi connectivity index (χ0) is 16.2. The summed E-state index contributed by atoms with van der Waals surface area (Å²) in [4.78, 5) is 0. The van der Waals surface area contributed by atoms with Crippen molar-refractivity contribution in [1.82, 2.24) is 0 Å². The van der Waals surface area contributed by atoms with Crippen LogP contribution in [0.1, 0.15) is 69.3 Å². The van der Waals surface area contributed by atoms with Gasteiger partial charge in [0.2, 0.25) is 0 Å². The molecule has 3 rings (SSSR count). The van der Waals surface area contributed by atoms with Crippen LogP contribution in [0.15, 0.2) is 24.3 Å². The van der Waals surface area contributed by atoms with Crippen LogP contribution in [0.2, 0.25) is 0 Å². The monoisotopic (exact) mass is 322 g/mol. The van der Waals surface area contributed by atoms with E-state index in [0.29, 0.717) is 11.5 Å². The first-order valence-electron chi connectivity index (χ1n) is 8.96. The lowest BCUT2D eigenvalue weighted by Crippen LogP contribution is -2.13. The molecule has 0 atom stereocenters. The Hall–Kier alpha value is -1.25.